The summed E-state index contributed by atoms with van der Waals surface area (Å²) >= 11 is 3.32. The largest absolute Gasteiger partial charge is 0.459 e. The minimum atomic E-state index is -1.31. The molecule has 4 atom stereocenters. The van der Waals surface area contributed by atoms with E-state index in [1.807, 2.05) is 6.07 Å². The van der Waals surface area contributed by atoms with Crippen molar-refractivity contribution >= 4 is 44.9 Å². The maximum Gasteiger partial charge on any atom is 0.338 e. The smallest absolute Gasteiger partial charge is 0.338 e. The zero-order valence-electron chi connectivity index (χ0n) is 23.8. The van der Waals surface area contributed by atoms with E-state index in [0.29, 0.717) is 10.2 Å². The SMILES string of the molecule is N#Cc1c(Br)[nH]c2c1c(=N)ncn2[C@@H]1O[C@H](COC(=O)c2ccccc2)[C@@H](OC(=O)c2ccccc2)[C@H]1OC(=O)c1ccccc1. The van der Waals surface area contributed by atoms with Crippen LogP contribution in [-0.2, 0) is 18.9 Å². The van der Waals surface area contributed by atoms with Gasteiger partial charge in [-0.25, -0.2) is 19.4 Å². The summed E-state index contributed by atoms with van der Waals surface area (Å²) in [6, 6.07) is 26.8. The molecule has 13 heteroatoms. The number of fused-ring (bicyclic) bond motifs is 1. The van der Waals surface area contributed by atoms with Gasteiger partial charge in [-0.3, -0.25) is 9.98 Å². The molecule has 3 aromatic carbocycles. The zero-order chi connectivity index (χ0) is 32.2. The number of carbonyl (C=O) groups excluding carboxylic acids is 3. The Hall–Kier alpha value is -5.58. The highest BCUT2D eigenvalue weighted by Gasteiger charge is 2.51. The van der Waals surface area contributed by atoms with Crippen LogP contribution in [0.25, 0.3) is 11.0 Å². The number of carbonyl (C=O) groups is 3. The average molecular weight is 682 g/mol. The first kappa shape index (κ1) is 30.4. The lowest BCUT2D eigenvalue weighted by molar-refractivity contribution is -0.0610. The fourth-order valence-electron chi connectivity index (χ4n) is 5.10. The molecule has 1 aliphatic rings. The fourth-order valence-corrected chi connectivity index (χ4v) is 5.58. The Morgan fingerprint density at radius 1 is 0.870 bits per heavy atom. The molecule has 5 aromatic rings. The Bertz CT molecular complexity index is 2010. The van der Waals surface area contributed by atoms with Crippen molar-refractivity contribution < 1.29 is 33.3 Å². The summed E-state index contributed by atoms with van der Waals surface area (Å²) in [7, 11) is 0. The van der Waals surface area contributed by atoms with Gasteiger partial charge in [-0.15, -0.1) is 0 Å². The number of hydrogen-bond donors (Lipinski definition) is 2. The molecule has 0 amide bonds. The van der Waals surface area contributed by atoms with Crippen LogP contribution in [0.2, 0.25) is 0 Å². The molecular formula is C33H24BrN5O7. The number of ether oxygens (including phenoxy) is 4. The van der Waals surface area contributed by atoms with Crippen molar-refractivity contribution in [1.29, 1.82) is 10.7 Å². The monoisotopic (exact) mass is 681 g/mol. The number of aromatic nitrogens is 3. The molecule has 0 unspecified atom stereocenters. The standard InChI is InChI=1S/C33H24BrN5O7/c34-27-22(16-35)24-28(36)37-18-39(29(24)38-27)30-26(46-33(42)21-14-8-3-9-15-21)25(45-32(41)20-12-6-2-7-13-20)23(44-30)17-43-31(40)19-10-4-1-5-11-19/h1-15,18,23,25-26,30,36,38H,17H2/t23-,25-,26-,30-/m1/s1. The van der Waals surface area contributed by atoms with Crippen molar-refractivity contribution in [2.45, 2.75) is 24.5 Å². The van der Waals surface area contributed by atoms with Crippen LogP contribution in [0.5, 0.6) is 0 Å². The average Bonchev–Trinajstić information content (AvgIpc) is 3.61. The summed E-state index contributed by atoms with van der Waals surface area (Å²) in [5.74, 6) is -2.09. The lowest BCUT2D eigenvalue weighted by atomic mass is 10.1. The van der Waals surface area contributed by atoms with Crippen molar-refractivity contribution in [2.24, 2.45) is 0 Å². The highest BCUT2D eigenvalue weighted by molar-refractivity contribution is 9.10. The number of rotatable bonds is 8. The quantitative estimate of drug-likeness (QED) is 0.174. The van der Waals surface area contributed by atoms with Gasteiger partial charge >= 0.3 is 17.9 Å². The van der Waals surface area contributed by atoms with Gasteiger partial charge in [0, 0.05) is 0 Å². The molecule has 3 heterocycles. The van der Waals surface area contributed by atoms with Gasteiger partial charge in [0.15, 0.2) is 23.9 Å². The fraction of sp³-hybridized carbons (Fsp3) is 0.152. The number of nitriles is 1. The summed E-state index contributed by atoms with van der Waals surface area (Å²) in [4.78, 5) is 46.9. The Morgan fingerprint density at radius 3 is 1.93 bits per heavy atom. The number of hydrogen-bond acceptors (Lipinski definition) is 10. The maximum atomic E-state index is 13.4. The van der Waals surface area contributed by atoms with Crippen LogP contribution in [0.3, 0.4) is 0 Å². The van der Waals surface area contributed by atoms with E-state index in [4.69, 9.17) is 24.4 Å². The van der Waals surface area contributed by atoms with Crippen molar-refractivity contribution in [2.75, 3.05) is 6.61 Å². The molecular weight excluding hydrogens is 658 g/mol. The van der Waals surface area contributed by atoms with Crippen LogP contribution < -0.4 is 5.49 Å². The van der Waals surface area contributed by atoms with Crippen molar-refractivity contribution in [3.63, 3.8) is 0 Å². The number of esters is 3. The predicted octanol–water partition coefficient (Wildman–Crippen LogP) is 4.68. The van der Waals surface area contributed by atoms with E-state index in [9.17, 15) is 19.6 Å². The molecule has 0 bridgehead atoms. The van der Waals surface area contributed by atoms with E-state index in [2.05, 4.69) is 25.9 Å². The molecule has 1 saturated heterocycles. The van der Waals surface area contributed by atoms with Crippen LogP contribution >= 0.6 is 15.9 Å². The van der Waals surface area contributed by atoms with Gasteiger partial charge < -0.3 is 23.9 Å². The van der Waals surface area contributed by atoms with Crippen LogP contribution in [-0.4, -0.2) is 57.4 Å². The molecule has 0 spiro atoms. The van der Waals surface area contributed by atoms with E-state index >= 15 is 0 Å². The molecule has 6 rings (SSSR count). The highest BCUT2D eigenvalue weighted by Crippen LogP contribution is 2.37. The Kier molecular flexibility index (Phi) is 8.73. The topological polar surface area (TPSA) is 169 Å². The van der Waals surface area contributed by atoms with Crippen molar-refractivity contribution in [3.05, 3.63) is 130 Å². The summed E-state index contributed by atoms with van der Waals surface area (Å²) in [6.07, 6.45) is -3.63. The summed E-state index contributed by atoms with van der Waals surface area (Å²) in [5.41, 5.74) is 0.982. The van der Waals surface area contributed by atoms with Gasteiger partial charge in [-0.05, 0) is 52.3 Å². The highest BCUT2D eigenvalue weighted by atomic mass is 79.9. The molecule has 0 aliphatic carbocycles. The van der Waals surface area contributed by atoms with Gasteiger partial charge in [0.05, 0.1) is 27.6 Å². The third-order valence-electron chi connectivity index (χ3n) is 7.31. The second kappa shape index (κ2) is 13.2. The first-order valence-corrected chi connectivity index (χ1v) is 14.8. The van der Waals surface area contributed by atoms with Gasteiger partial charge in [-0.1, -0.05) is 54.6 Å². The van der Waals surface area contributed by atoms with Gasteiger partial charge in [0.25, 0.3) is 0 Å². The van der Waals surface area contributed by atoms with Crippen molar-refractivity contribution in [3.8, 4) is 6.07 Å². The van der Waals surface area contributed by atoms with Crippen LogP contribution in [0, 0.1) is 16.7 Å². The molecule has 1 fully saturated rings. The molecule has 12 nitrogen and oxygen atoms in total. The Balaban J connectivity index is 1.43. The van der Waals surface area contributed by atoms with Crippen LogP contribution in [0.1, 0.15) is 42.9 Å². The molecule has 230 valence electrons. The van der Waals surface area contributed by atoms with E-state index in [0.717, 1.165) is 0 Å². The Labute approximate surface area is 269 Å². The number of aromatic amines is 1. The summed E-state index contributed by atoms with van der Waals surface area (Å²) in [5, 5.41) is 18.3. The normalized spacial score (nSPS) is 18.9. The minimum Gasteiger partial charge on any atom is -0.459 e. The first-order valence-electron chi connectivity index (χ1n) is 14.0. The van der Waals surface area contributed by atoms with Gasteiger partial charge in [0.1, 0.15) is 35.4 Å². The van der Waals surface area contributed by atoms with Gasteiger partial charge in [-0.2, -0.15) is 5.26 Å². The third kappa shape index (κ3) is 6.03. The second-order valence-electron chi connectivity index (χ2n) is 10.2. The summed E-state index contributed by atoms with van der Waals surface area (Å²) < 4.78 is 25.7. The second-order valence-corrected chi connectivity index (χ2v) is 10.9. The molecule has 0 radical (unpaired) electrons. The molecule has 2 N–H and O–H groups in total. The van der Waals surface area contributed by atoms with E-state index in [1.165, 1.54) is 10.9 Å². The van der Waals surface area contributed by atoms with E-state index < -0.39 is 42.4 Å². The van der Waals surface area contributed by atoms with Crippen LogP contribution in [0.15, 0.2) is 102 Å². The van der Waals surface area contributed by atoms with E-state index in [1.54, 1.807) is 91.0 Å². The predicted molar refractivity (Wildman–Crippen MR) is 164 cm³/mol. The lowest BCUT2D eigenvalue weighted by Gasteiger charge is -2.25. The summed E-state index contributed by atoms with van der Waals surface area (Å²) in [6.45, 7) is -0.373. The molecule has 1 aliphatic heterocycles. The first-order chi connectivity index (χ1) is 22.4. The number of halogens is 1. The zero-order valence-corrected chi connectivity index (χ0v) is 25.4. The lowest BCUT2D eigenvalue weighted by Crippen LogP contribution is -2.41. The molecule has 2 aromatic heterocycles. The molecule has 0 saturated carbocycles. The van der Waals surface area contributed by atoms with Crippen LogP contribution in [0.4, 0.5) is 0 Å². The van der Waals surface area contributed by atoms with Crippen molar-refractivity contribution in [1.82, 2.24) is 14.5 Å². The third-order valence-corrected chi connectivity index (χ3v) is 7.90. The van der Waals surface area contributed by atoms with Gasteiger partial charge in [0.2, 0.25) is 0 Å². The maximum absolute atomic E-state index is 13.4. The number of H-pyrrole nitrogens is 1. The van der Waals surface area contributed by atoms with E-state index in [-0.39, 0.29) is 39.8 Å². The number of nitrogens with zero attached hydrogens (tertiary/aromatic N) is 3. The Morgan fingerprint density at radius 2 is 1.39 bits per heavy atom. The molecule has 46 heavy (non-hydrogen) atoms. The minimum absolute atomic E-state index is 0.137. The number of nitrogens with one attached hydrogen (secondary N) is 2. The number of benzene rings is 3.